The summed E-state index contributed by atoms with van der Waals surface area (Å²) < 4.78 is 5.99. The van der Waals surface area contributed by atoms with Crippen LogP contribution in [0.2, 0.25) is 0 Å². The summed E-state index contributed by atoms with van der Waals surface area (Å²) in [4.78, 5) is 26.6. The van der Waals surface area contributed by atoms with Gasteiger partial charge in [0.25, 0.3) is 0 Å². The summed E-state index contributed by atoms with van der Waals surface area (Å²) in [5, 5.41) is 15.7. The quantitative estimate of drug-likeness (QED) is 0.546. The zero-order chi connectivity index (χ0) is 19.8. The average molecular weight is 396 g/mol. The molecule has 0 aromatic rings. The SMILES string of the molecule is O=C(CCN1CCCCC1)NCC[C@@H]1CC[C@@H](NC(=O)C2CCC2)[C@@H](CO)O1. The van der Waals surface area contributed by atoms with Crippen LogP contribution in [0, 0.1) is 5.92 Å². The van der Waals surface area contributed by atoms with Crippen molar-refractivity contribution in [2.24, 2.45) is 5.92 Å². The molecule has 160 valence electrons. The molecule has 0 bridgehead atoms. The maximum atomic E-state index is 12.2. The molecule has 3 N–H and O–H groups in total. The van der Waals surface area contributed by atoms with Crippen LogP contribution in [0.25, 0.3) is 0 Å². The molecule has 2 amide bonds. The van der Waals surface area contributed by atoms with Crippen molar-refractivity contribution in [2.45, 2.75) is 82.5 Å². The zero-order valence-electron chi connectivity index (χ0n) is 17.0. The Morgan fingerprint density at radius 3 is 2.50 bits per heavy atom. The van der Waals surface area contributed by atoms with Crippen LogP contribution in [-0.4, -0.2) is 72.9 Å². The number of carbonyl (C=O) groups excluding carboxylic acids is 2. The lowest BCUT2D eigenvalue weighted by Gasteiger charge is -2.37. The average Bonchev–Trinajstić information content (AvgIpc) is 2.67. The van der Waals surface area contributed by atoms with Gasteiger partial charge in [0.15, 0.2) is 0 Å². The molecule has 7 heteroatoms. The number of nitrogens with one attached hydrogen (secondary N) is 2. The highest BCUT2D eigenvalue weighted by Gasteiger charge is 2.34. The van der Waals surface area contributed by atoms with Gasteiger partial charge in [-0.05, 0) is 58.0 Å². The van der Waals surface area contributed by atoms with Gasteiger partial charge in [-0.2, -0.15) is 0 Å². The van der Waals surface area contributed by atoms with Gasteiger partial charge in [0.1, 0.15) is 6.10 Å². The lowest BCUT2D eigenvalue weighted by Crippen LogP contribution is -2.53. The van der Waals surface area contributed by atoms with Crippen LogP contribution in [-0.2, 0) is 14.3 Å². The molecule has 1 aliphatic carbocycles. The second kappa shape index (κ2) is 11.1. The summed E-state index contributed by atoms with van der Waals surface area (Å²) in [6.45, 7) is 3.59. The molecule has 1 saturated carbocycles. The number of piperidine rings is 1. The Hall–Kier alpha value is -1.18. The number of hydrogen-bond donors (Lipinski definition) is 3. The molecule has 3 rings (SSSR count). The van der Waals surface area contributed by atoms with Crippen LogP contribution in [0.4, 0.5) is 0 Å². The minimum Gasteiger partial charge on any atom is -0.394 e. The topological polar surface area (TPSA) is 90.9 Å². The molecule has 0 radical (unpaired) electrons. The fourth-order valence-corrected chi connectivity index (χ4v) is 4.38. The summed E-state index contributed by atoms with van der Waals surface area (Å²) >= 11 is 0. The highest BCUT2D eigenvalue weighted by Crippen LogP contribution is 2.28. The number of ether oxygens (including phenoxy) is 1. The Morgan fingerprint density at radius 2 is 1.82 bits per heavy atom. The van der Waals surface area contributed by atoms with Crippen molar-refractivity contribution < 1.29 is 19.4 Å². The van der Waals surface area contributed by atoms with Crippen molar-refractivity contribution in [1.29, 1.82) is 0 Å². The van der Waals surface area contributed by atoms with Gasteiger partial charge >= 0.3 is 0 Å². The standard InChI is InChI=1S/C21H37N3O4/c25-15-19-18(23-21(27)16-5-4-6-16)8-7-17(28-19)9-11-22-20(26)10-14-24-12-2-1-3-13-24/h16-19,25H,1-15H2,(H,22,26)(H,23,27)/t17-,18+,19+/m0/s1. The first kappa shape index (κ1) is 21.5. The molecule has 7 nitrogen and oxygen atoms in total. The molecule has 3 fully saturated rings. The van der Waals surface area contributed by atoms with E-state index in [-0.39, 0.29) is 42.6 Å². The third kappa shape index (κ3) is 6.42. The minimum absolute atomic E-state index is 0.0244. The molecular weight excluding hydrogens is 358 g/mol. The summed E-state index contributed by atoms with van der Waals surface area (Å²) in [5.41, 5.74) is 0. The first-order valence-corrected chi connectivity index (χ1v) is 11.2. The fraction of sp³-hybridized carbons (Fsp3) is 0.905. The largest absolute Gasteiger partial charge is 0.394 e. The summed E-state index contributed by atoms with van der Waals surface area (Å²) in [5.74, 6) is 0.362. The Balaban J connectivity index is 1.29. The minimum atomic E-state index is -0.349. The first-order valence-electron chi connectivity index (χ1n) is 11.2. The highest BCUT2D eigenvalue weighted by atomic mass is 16.5. The van der Waals surface area contributed by atoms with E-state index in [1.807, 2.05) is 0 Å². The molecule has 2 saturated heterocycles. The molecular formula is C21H37N3O4. The number of carbonyl (C=O) groups is 2. The van der Waals surface area contributed by atoms with Gasteiger partial charge < -0.3 is 25.4 Å². The van der Waals surface area contributed by atoms with E-state index in [0.29, 0.717) is 13.0 Å². The van der Waals surface area contributed by atoms with Crippen LogP contribution in [0.1, 0.15) is 64.2 Å². The van der Waals surface area contributed by atoms with E-state index in [2.05, 4.69) is 15.5 Å². The van der Waals surface area contributed by atoms with Gasteiger partial charge in [-0.25, -0.2) is 0 Å². The van der Waals surface area contributed by atoms with Gasteiger partial charge in [0, 0.05) is 25.4 Å². The van der Waals surface area contributed by atoms with Gasteiger partial charge in [-0.15, -0.1) is 0 Å². The number of rotatable bonds is 9. The Morgan fingerprint density at radius 1 is 1.04 bits per heavy atom. The zero-order valence-corrected chi connectivity index (χ0v) is 17.0. The second-order valence-electron chi connectivity index (χ2n) is 8.59. The number of hydrogen-bond acceptors (Lipinski definition) is 5. The molecule has 2 aliphatic heterocycles. The number of likely N-dealkylation sites (tertiary alicyclic amines) is 1. The van der Waals surface area contributed by atoms with E-state index in [0.717, 1.165) is 58.2 Å². The molecule has 0 spiro atoms. The van der Waals surface area contributed by atoms with E-state index >= 15 is 0 Å². The van der Waals surface area contributed by atoms with Crippen LogP contribution in [0.15, 0.2) is 0 Å². The normalized spacial score (nSPS) is 29.1. The number of nitrogens with zero attached hydrogens (tertiary/aromatic N) is 1. The van der Waals surface area contributed by atoms with Gasteiger partial charge in [0.05, 0.1) is 18.8 Å². The predicted octanol–water partition coefficient (Wildman–Crippen LogP) is 1.19. The molecule has 3 aliphatic rings. The fourth-order valence-electron chi connectivity index (χ4n) is 4.38. The Labute approximate surface area is 168 Å². The van der Waals surface area contributed by atoms with Crippen molar-refractivity contribution in [3.8, 4) is 0 Å². The Bertz CT molecular complexity index is 506. The molecule has 0 unspecified atom stereocenters. The van der Waals surface area contributed by atoms with Gasteiger partial charge in [0.2, 0.25) is 11.8 Å². The van der Waals surface area contributed by atoms with Crippen LogP contribution in [0.3, 0.4) is 0 Å². The van der Waals surface area contributed by atoms with E-state index in [1.54, 1.807) is 0 Å². The molecule has 0 aromatic carbocycles. The first-order chi connectivity index (χ1) is 13.7. The maximum Gasteiger partial charge on any atom is 0.223 e. The van der Waals surface area contributed by atoms with E-state index in [9.17, 15) is 14.7 Å². The molecule has 2 heterocycles. The van der Waals surface area contributed by atoms with Crippen LogP contribution in [0.5, 0.6) is 0 Å². The van der Waals surface area contributed by atoms with E-state index in [1.165, 1.54) is 19.3 Å². The van der Waals surface area contributed by atoms with Crippen molar-refractivity contribution >= 4 is 11.8 Å². The monoisotopic (exact) mass is 395 g/mol. The van der Waals surface area contributed by atoms with Crippen LogP contribution < -0.4 is 10.6 Å². The molecule has 28 heavy (non-hydrogen) atoms. The van der Waals surface area contributed by atoms with Crippen molar-refractivity contribution in [3.63, 3.8) is 0 Å². The van der Waals surface area contributed by atoms with E-state index < -0.39 is 0 Å². The van der Waals surface area contributed by atoms with Gasteiger partial charge in [-0.3, -0.25) is 9.59 Å². The summed E-state index contributed by atoms with van der Waals surface area (Å²) in [6.07, 6.45) is 9.52. The smallest absolute Gasteiger partial charge is 0.223 e. The highest BCUT2D eigenvalue weighted by molar-refractivity contribution is 5.79. The third-order valence-electron chi connectivity index (χ3n) is 6.49. The predicted molar refractivity (Wildman–Crippen MR) is 107 cm³/mol. The van der Waals surface area contributed by atoms with Crippen molar-refractivity contribution in [1.82, 2.24) is 15.5 Å². The van der Waals surface area contributed by atoms with E-state index in [4.69, 9.17) is 4.74 Å². The lowest BCUT2D eigenvalue weighted by atomic mass is 9.84. The lowest BCUT2D eigenvalue weighted by molar-refractivity contribution is -0.134. The maximum absolute atomic E-state index is 12.2. The molecule has 3 atom stereocenters. The second-order valence-corrected chi connectivity index (χ2v) is 8.59. The summed E-state index contributed by atoms with van der Waals surface area (Å²) in [7, 11) is 0. The number of aliphatic hydroxyl groups is 1. The Kier molecular flexibility index (Phi) is 8.55. The van der Waals surface area contributed by atoms with Crippen LogP contribution >= 0.6 is 0 Å². The van der Waals surface area contributed by atoms with Gasteiger partial charge in [-0.1, -0.05) is 12.8 Å². The number of aliphatic hydroxyl groups excluding tert-OH is 1. The van der Waals surface area contributed by atoms with Crippen molar-refractivity contribution in [2.75, 3.05) is 32.8 Å². The molecule has 0 aromatic heterocycles. The third-order valence-corrected chi connectivity index (χ3v) is 6.49. The van der Waals surface area contributed by atoms with Crippen molar-refractivity contribution in [3.05, 3.63) is 0 Å². The number of amides is 2. The summed E-state index contributed by atoms with van der Waals surface area (Å²) in [6, 6.07) is -0.103.